The molecule has 0 spiro atoms. The second-order valence-electron chi connectivity index (χ2n) is 6.38. The maximum absolute atomic E-state index is 11.3. The number of aliphatic imine (C=N–C) groups is 2. The van der Waals surface area contributed by atoms with Crippen LogP contribution in [-0.2, 0) is 16.8 Å². The molecule has 1 radical (unpaired) electrons. The van der Waals surface area contributed by atoms with E-state index < -0.39 is 0 Å². The van der Waals surface area contributed by atoms with Crippen LogP contribution in [0.15, 0.2) is 55.3 Å². The number of halogens is 2. The molecular weight excluding hydrogens is 519 g/mol. The molecule has 0 amide bonds. The van der Waals surface area contributed by atoms with E-state index in [1.165, 1.54) is 25.7 Å². The van der Waals surface area contributed by atoms with Crippen LogP contribution in [0.25, 0.3) is 0 Å². The molecule has 0 aromatic heterocycles. The molecule has 0 unspecified atom stereocenters. The molecule has 2 aromatic carbocycles. The van der Waals surface area contributed by atoms with Crippen LogP contribution in [0.3, 0.4) is 0 Å². The van der Waals surface area contributed by atoms with Gasteiger partial charge in [0, 0.05) is 21.4 Å². The van der Waals surface area contributed by atoms with Crippen LogP contribution < -0.4 is 10.2 Å². The fourth-order valence-electron chi connectivity index (χ4n) is 2.06. The predicted octanol–water partition coefficient (Wildman–Crippen LogP) is 4.21. The van der Waals surface area contributed by atoms with Crippen molar-refractivity contribution in [1.29, 1.82) is 0 Å². The van der Waals surface area contributed by atoms with Crippen molar-refractivity contribution in [3.05, 3.63) is 56.5 Å². The van der Waals surface area contributed by atoms with Gasteiger partial charge in [-0.2, -0.15) is 0 Å². The molecule has 2 aliphatic carbocycles. The molecule has 4 rings (SSSR count). The maximum atomic E-state index is 11.3. The molecule has 0 N–H and O–H groups in total. The van der Waals surface area contributed by atoms with Crippen molar-refractivity contribution >= 4 is 44.3 Å². The summed E-state index contributed by atoms with van der Waals surface area (Å²) in [6.45, 7) is 0. The topological polar surface area (TPSA) is 70.8 Å². The van der Waals surface area contributed by atoms with E-state index in [4.69, 9.17) is 0 Å². The number of rotatable bonds is 4. The Labute approximate surface area is 186 Å². The maximum Gasteiger partial charge on any atom is 2.00 e. The first-order valence-corrected chi connectivity index (χ1v) is 10.1. The van der Waals surface area contributed by atoms with E-state index in [1.54, 1.807) is 48.8 Å². The smallest absolute Gasteiger partial charge is 0.872 e. The van der Waals surface area contributed by atoms with Crippen LogP contribution in [0.1, 0.15) is 36.8 Å². The summed E-state index contributed by atoms with van der Waals surface area (Å²) in [5, 5.41) is 22.6. The van der Waals surface area contributed by atoms with Crippen LogP contribution in [0.5, 0.6) is 11.5 Å². The Balaban J connectivity index is 0.000000187. The van der Waals surface area contributed by atoms with Gasteiger partial charge in [-0.15, -0.1) is 0 Å². The molecule has 0 aliphatic heterocycles. The normalized spacial score (nSPS) is 16.1. The summed E-state index contributed by atoms with van der Waals surface area (Å²) < 4.78 is 1.84. The first-order chi connectivity index (χ1) is 12.5. The van der Waals surface area contributed by atoms with Crippen molar-refractivity contribution < 1.29 is 27.0 Å². The number of benzene rings is 2. The van der Waals surface area contributed by atoms with Crippen LogP contribution in [0.2, 0.25) is 0 Å². The van der Waals surface area contributed by atoms with Gasteiger partial charge in [-0.1, -0.05) is 55.5 Å². The fraction of sp³-hybridized carbons (Fsp3) is 0.300. The molecule has 2 fully saturated rings. The minimum absolute atomic E-state index is 0. The van der Waals surface area contributed by atoms with E-state index in [0.29, 0.717) is 23.2 Å². The van der Waals surface area contributed by atoms with Crippen molar-refractivity contribution in [1.82, 2.24) is 0 Å². The zero-order valence-corrected chi connectivity index (χ0v) is 18.6. The Morgan fingerprint density at radius 2 is 1.11 bits per heavy atom. The molecule has 0 heterocycles. The van der Waals surface area contributed by atoms with Gasteiger partial charge in [-0.25, -0.2) is 0 Å². The van der Waals surface area contributed by atoms with E-state index in [-0.39, 0.29) is 28.3 Å². The SMILES string of the molecule is [Co+2].[O-]c1ccc(Br)cc1C=NC1CC1.[O-]c1ccc(Br)cc1C=NC1CC1. The Kier molecular flexibility index (Phi) is 8.53. The molecule has 2 saturated carbocycles. The number of hydrogen-bond acceptors (Lipinski definition) is 4. The summed E-state index contributed by atoms with van der Waals surface area (Å²) in [5.74, 6) is 0.0696. The van der Waals surface area contributed by atoms with Crippen LogP contribution in [0.4, 0.5) is 0 Å². The Bertz CT molecular complexity index is 765. The molecule has 0 bridgehead atoms. The van der Waals surface area contributed by atoms with Crippen LogP contribution in [-0.4, -0.2) is 24.5 Å². The molecule has 0 saturated heterocycles. The fourth-order valence-corrected chi connectivity index (χ4v) is 2.82. The van der Waals surface area contributed by atoms with E-state index in [9.17, 15) is 10.2 Å². The van der Waals surface area contributed by atoms with Gasteiger partial charge in [0.25, 0.3) is 0 Å². The third kappa shape index (κ3) is 7.77. The molecule has 0 atom stereocenters. The largest absolute Gasteiger partial charge is 2.00 e. The van der Waals surface area contributed by atoms with E-state index in [1.807, 2.05) is 0 Å². The third-order valence-electron chi connectivity index (χ3n) is 3.89. The molecule has 2 aromatic rings. The summed E-state index contributed by atoms with van der Waals surface area (Å²) in [6.07, 6.45) is 8.03. The minimum Gasteiger partial charge on any atom is -0.872 e. The summed E-state index contributed by atoms with van der Waals surface area (Å²) >= 11 is 6.64. The van der Waals surface area contributed by atoms with Gasteiger partial charge in [-0.3, -0.25) is 9.98 Å². The molecule has 7 heteroatoms. The van der Waals surface area contributed by atoms with Gasteiger partial charge in [0.15, 0.2) is 0 Å². The Hall–Kier alpha value is -1.15. The van der Waals surface area contributed by atoms with Gasteiger partial charge in [0.1, 0.15) is 0 Å². The quantitative estimate of drug-likeness (QED) is 0.549. The predicted molar refractivity (Wildman–Crippen MR) is 108 cm³/mol. The number of hydrogen-bond donors (Lipinski definition) is 0. The van der Waals surface area contributed by atoms with Gasteiger partial charge in [0.2, 0.25) is 0 Å². The van der Waals surface area contributed by atoms with Crippen molar-refractivity contribution in [3.63, 3.8) is 0 Å². The van der Waals surface area contributed by atoms with Crippen molar-refractivity contribution in [2.45, 2.75) is 37.8 Å². The monoisotopic (exact) mass is 535 g/mol. The first-order valence-electron chi connectivity index (χ1n) is 8.51. The van der Waals surface area contributed by atoms with E-state index in [2.05, 4.69) is 41.8 Å². The third-order valence-corrected chi connectivity index (χ3v) is 4.87. The van der Waals surface area contributed by atoms with Crippen molar-refractivity contribution in [2.75, 3.05) is 0 Å². The second-order valence-corrected chi connectivity index (χ2v) is 8.21. The Morgan fingerprint density at radius 3 is 1.44 bits per heavy atom. The summed E-state index contributed by atoms with van der Waals surface area (Å²) in [7, 11) is 0. The van der Waals surface area contributed by atoms with Gasteiger partial charge in [0.05, 0.1) is 12.1 Å². The summed E-state index contributed by atoms with van der Waals surface area (Å²) in [5.41, 5.74) is 1.34. The molecule has 2 aliphatic rings. The van der Waals surface area contributed by atoms with Gasteiger partial charge in [-0.05, 0) is 61.1 Å². The Morgan fingerprint density at radius 1 is 0.741 bits per heavy atom. The standard InChI is InChI=1S/2C10H10BrNO.Co/c2*11-8-1-4-10(13)7(5-8)6-12-9-2-3-9;/h2*1,4-6,9,13H,2-3H2;/q;;+2/p-2. The summed E-state index contributed by atoms with van der Waals surface area (Å²) in [6, 6.07) is 11.1. The van der Waals surface area contributed by atoms with E-state index >= 15 is 0 Å². The molecule has 4 nitrogen and oxygen atoms in total. The average Bonchev–Trinajstić information content (AvgIpc) is 3.52. The average molecular weight is 537 g/mol. The zero-order chi connectivity index (χ0) is 18.5. The van der Waals surface area contributed by atoms with Crippen LogP contribution in [0, 0.1) is 0 Å². The second kappa shape index (κ2) is 10.4. The number of nitrogens with zero attached hydrogens (tertiary/aromatic N) is 2. The van der Waals surface area contributed by atoms with Crippen LogP contribution >= 0.6 is 31.9 Å². The van der Waals surface area contributed by atoms with E-state index in [0.717, 1.165) is 8.95 Å². The van der Waals surface area contributed by atoms with Crippen molar-refractivity contribution in [2.24, 2.45) is 9.98 Å². The first kappa shape index (κ1) is 22.1. The minimum atomic E-state index is 0. The van der Waals surface area contributed by atoms with Gasteiger partial charge < -0.3 is 10.2 Å². The van der Waals surface area contributed by atoms with Gasteiger partial charge >= 0.3 is 16.8 Å². The molecule has 143 valence electrons. The summed E-state index contributed by atoms with van der Waals surface area (Å²) in [4.78, 5) is 8.52. The molecular formula is C20H18Br2CoN2O2. The van der Waals surface area contributed by atoms with Crippen molar-refractivity contribution in [3.8, 4) is 11.5 Å². The zero-order valence-electron chi connectivity index (χ0n) is 14.4. The molecule has 27 heavy (non-hydrogen) atoms.